The molecule has 0 aromatic carbocycles. The first kappa shape index (κ1) is 13.9. The fraction of sp³-hybridized carbons (Fsp3) is 0.636. The second kappa shape index (κ2) is 5.60. The highest BCUT2D eigenvalue weighted by molar-refractivity contribution is 5.92. The Bertz CT molecular complexity index is 437. The molecule has 0 radical (unpaired) electrons. The first-order valence-electron chi connectivity index (χ1n) is 6.05. The molecule has 1 aromatic heterocycles. The van der Waals surface area contributed by atoms with Crippen molar-refractivity contribution in [2.24, 2.45) is 5.92 Å². The third-order valence-electron chi connectivity index (χ3n) is 2.95. The highest BCUT2D eigenvalue weighted by Gasteiger charge is 2.28. The molecule has 0 saturated carbocycles. The molecule has 1 aromatic rings. The van der Waals surface area contributed by atoms with E-state index in [2.05, 4.69) is 15.7 Å². The van der Waals surface area contributed by atoms with Crippen molar-refractivity contribution in [1.29, 1.82) is 0 Å². The van der Waals surface area contributed by atoms with Crippen molar-refractivity contribution in [3.8, 4) is 0 Å². The lowest BCUT2D eigenvalue weighted by atomic mass is 9.97. The molecule has 1 aliphatic heterocycles. The van der Waals surface area contributed by atoms with Crippen LogP contribution in [0.2, 0.25) is 0 Å². The van der Waals surface area contributed by atoms with Crippen molar-refractivity contribution in [3.05, 3.63) is 12.4 Å². The van der Waals surface area contributed by atoms with Gasteiger partial charge in [-0.2, -0.15) is 18.3 Å². The number of hydrogen-bond acceptors (Lipinski definition) is 3. The van der Waals surface area contributed by atoms with Crippen LogP contribution in [0.3, 0.4) is 0 Å². The van der Waals surface area contributed by atoms with Crippen LogP contribution < -0.4 is 10.6 Å². The summed E-state index contributed by atoms with van der Waals surface area (Å²) < 4.78 is 37.2. The Morgan fingerprint density at radius 1 is 1.47 bits per heavy atom. The van der Waals surface area contributed by atoms with Gasteiger partial charge in [0.2, 0.25) is 5.91 Å². The second-order valence-electron chi connectivity index (χ2n) is 4.56. The topological polar surface area (TPSA) is 59.0 Å². The van der Waals surface area contributed by atoms with Crippen molar-refractivity contribution in [2.45, 2.75) is 25.6 Å². The van der Waals surface area contributed by atoms with E-state index >= 15 is 0 Å². The van der Waals surface area contributed by atoms with Crippen molar-refractivity contribution < 1.29 is 18.0 Å². The molecule has 1 amide bonds. The van der Waals surface area contributed by atoms with Gasteiger partial charge < -0.3 is 10.6 Å². The minimum absolute atomic E-state index is 0.0905. The van der Waals surface area contributed by atoms with Crippen molar-refractivity contribution in [2.75, 3.05) is 18.4 Å². The summed E-state index contributed by atoms with van der Waals surface area (Å²) in [4.78, 5) is 11.9. The Labute approximate surface area is 108 Å². The number of halogens is 3. The van der Waals surface area contributed by atoms with E-state index in [-0.39, 0.29) is 11.8 Å². The van der Waals surface area contributed by atoms with Crippen LogP contribution in [0.15, 0.2) is 12.4 Å². The quantitative estimate of drug-likeness (QED) is 0.877. The summed E-state index contributed by atoms with van der Waals surface area (Å²) in [7, 11) is 0. The number of piperidine rings is 1. The molecule has 0 aliphatic carbocycles. The maximum absolute atomic E-state index is 12.1. The van der Waals surface area contributed by atoms with Gasteiger partial charge in [0.25, 0.3) is 0 Å². The van der Waals surface area contributed by atoms with Crippen LogP contribution in [-0.4, -0.2) is 35.0 Å². The molecule has 8 heteroatoms. The van der Waals surface area contributed by atoms with Gasteiger partial charge in [-0.15, -0.1) is 0 Å². The first-order valence-corrected chi connectivity index (χ1v) is 6.05. The first-order chi connectivity index (χ1) is 8.94. The Hall–Kier alpha value is -1.57. The number of rotatable bonds is 3. The highest BCUT2D eigenvalue weighted by Crippen LogP contribution is 2.19. The normalized spacial score (nSPS) is 17.4. The SMILES string of the molecule is O=C(Nc1cnn(CC(F)(F)F)c1)C1CCNCC1. The number of amides is 1. The second-order valence-corrected chi connectivity index (χ2v) is 4.56. The van der Waals surface area contributed by atoms with Gasteiger partial charge in [0, 0.05) is 12.1 Å². The molecule has 0 bridgehead atoms. The van der Waals surface area contributed by atoms with Gasteiger partial charge in [-0.05, 0) is 25.9 Å². The molecular formula is C11H15F3N4O. The molecule has 0 unspecified atom stereocenters. The molecule has 19 heavy (non-hydrogen) atoms. The summed E-state index contributed by atoms with van der Waals surface area (Å²) >= 11 is 0. The monoisotopic (exact) mass is 276 g/mol. The third-order valence-corrected chi connectivity index (χ3v) is 2.95. The number of hydrogen-bond donors (Lipinski definition) is 2. The molecule has 0 atom stereocenters. The van der Waals surface area contributed by atoms with Crippen molar-refractivity contribution >= 4 is 11.6 Å². The van der Waals surface area contributed by atoms with E-state index < -0.39 is 12.7 Å². The molecule has 2 heterocycles. The zero-order valence-corrected chi connectivity index (χ0v) is 10.2. The number of anilines is 1. The summed E-state index contributed by atoms with van der Waals surface area (Å²) in [6.45, 7) is 0.410. The fourth-order valence-electron chi connectivity index (χ4n) is 2.03. The molecule has 1 aliphatic rings. The summed E-state index contributed by atoms with van der Waals surface area (Å²) in [5.41, 5.74) is 0.299. The van der Waals surface area contributed by atoms with Crippen molar-refractivity contribution in [1.82, 2.24) is 15.1 Å². The van der Waals surface area contributed by atoms with Gasteiger partial charge in [-0.25, -0.2) is 0 Å². The molecule has 2 N–H and O–H groups in total. The Balaban J connectivity index is 1.90. The number of carbonyl (C=O) groups is 1. The van der Waals surface area contributed by atoms with Crippen LogP contribution in [0, 0.1) is 5.92 Å². The van der Waals surface area contributed by atoms with E-state index in [0.717, 1.165) is 30.6 Å². The van der Waals surface area contributed by atoms with Crippen LogP contribution in [0.25, 0.3) is 0 Å². The number of alkyl halides is 3. The summed E-state index contributed by atoms with van der Waals surface area (Å²) in [5, 5.41) is 9.31. The highest BCUT2D eigenvalue weighted by atomic mass is 19.4. The zero-order valence-electron chi connectivity index (χ0n) is 10.2. The van der Waals surface area contributed by atoms with Crippen LogP contribution >= 0.6 is 0 Å². The van der Waals surface area contributed by atoms with Gasteiger partial charge in [-0.1, -0.05) is 0 Å². The van der Waals surface area contributed by atoms with Crippen molar-refractivity contribution in [3.63, 3.8) is 0 Å². The van der Waals surface area contributed by atoms with E-state index in [9.17, 15) is 18.0 Å². The number of carbonyl (C=O) groups excluding carboxylic acids is 1. The Morgan fingerprint density at radius 2 is 2.16 bits per heavy atom. The summed E-state index contributed by atoms with van der Waals surface area (Å²) in [5.74, 6) is -0.250. The van der Waals surface area contributed by atoms with Gasteiger partial charge in [0.15, 0.2) is 0 Å². The molecule has 0 spiro atoms. The Morgan fingerprint density at radius 3 is 2.79 bits per heavy atom. The average molecular weight is 276 g/mol. The largest absolute Gasteiger partial charge is 0.408 e. The zero-order chi connectivity index (χ0) is 13.9. The molecule has 1 fully saturated rings. The summed E-state index contributed by atoms with van der Waals surface area (Å²) in [6, 6.07) is 0. The fourth-order valence-corrected chi connectivity index (χ4v) is 2.03. The third kappa shape index (κ3) is 4.23. The molecule has 5 nitrogen and oxygen atoms in total. The molecule has 2 rings (SSSR count). The Kier molecular flexibility index (Phi) is 4.08. The number of nitrogens with zero attached hydrogens (tertiary/aromatic N) is 2. The molecule has 106 valence electrons. The predicted octanol–water partition coefficient (Wildman–Crippen LogP) is 1.38. The number of aromatic nitrogens is 2. The molecular weight excluding hydrogens is 261 g/mol. The lowest BCUT2D eigenvalue weighted by Gasteiger charge is -2.21. The van der Waals surface area contributed by atoms with Gasteiger partial charge in [0.05, 0.1) is 11.9 Å². The maximum atomic E-state index is 12.1. The minimum Gasteiger partial charge on any atom is -0.323 e. The van der Waals surface area contributed by atoms with E-state index in [1.807, 2.05) is 0 Å². The van der Waals surface area contributed by atoms with Crippen LogP contribution in [-0.2, 0) is 11.3 Å². The minimum atomic E-state index is -4.32. The lowest BCUT2D eigenvalue weighted by Crippen LogP contribution is -2.34. The van der Waals surface area contributed by atoms with E-state index in [4.69, 9.17) is 0 Å². The van der Waals surface area contributed by atoms with E-state index in [1.54, 1.807) is 0 Å². The predicted molar refractivity (Wildman–Crippen MR) is 62.5 cm³/mol. The van der Waals surface area contributed by atoms with Gasteiger partial charge >= 0.3 is 6.18 Å². The van der Waals surface area contributed by atoms with Crippen LogP contribution in [0.4, 0.5) is 18.9 Å². The van der Waals surface area contributed by atoms with E-state index in [1.165, 1.54) is 12.4 Å². The molecule has 1 saturated heterocycles. The van der Waals surface area contributed by atoms with Gasteiger partial charge in [-0.3, -0.25) is 9.48 Å². The van der Waals surface area contributed by atoms with E-state index in [0.29, 0.717) is 5.69 Å². The van der Waals surface area contributed by atoms with Gasteiger partial charge in [0.1, 0.15) is 6.54 Å². The number of nitrogens with one attached hydrogen (secondary N) is 2. The van der Waals surface area contributed by atoms with Crippen LogP contribution in [0.1, 0.15) is 12.8 Å². The average Bonchev–Trinajstić information content (AvgIpc) is 2.75. The standard InChI is InChI=1S/C11H15F3N4O/c12-11(13,14)7-18-6-9(5-16-18)17-10(19)8-1-3-15-4-2-8/h5-6,8,15H,1-4,7H2,(H,17,19). The summed E-state index contributed by atoms with van der Waals surface area (Å²) in [6.07, 6.45) is -0.426. The van der Waals surface area contributed by atoms with Crippen LogP contribution in [0.5, 0.6) is 0 Å². The lowest BCUT2D eigenvalue weighted by molar-refractivity contribution is -0.142. The maximum Gasteiger partial charge on any atom is 0.408 e. The smallest absolute Gasteiger partial charge is 0.323 e.